The highest BCUT2D eigenvalue weighted by Gasteiger charge is 2.35. The van der Waals surface area contributed by atoms with Crippen LogP contribution in [0.25, 0.3) is 0 Å². The highest BCUT2D eigenvalue weighted by molar-refractivity contribution is 7.91. The third kappa shape index (κ3) is 5.22. The summed E-state index contributed by atoms with van der Waals surface area (Å²) in [7, 11) is -1.22. The van der Waals surface area contributed by atoms with Gasteiger partial charge in [-0.15, -0.1) is 0 Å². The molecule has 18 heavy (non-hydrogen) atoms. The van der Waals surface area contributed by atoms with E-state index in [0.29, 0.717) is 19.6 Å². The maximum Gasteiger partial charge on any atom is 0.150 e. The van der Waals surface area contributed by atoms with E-state index in [9.17, 15) is 8.42 Å². The van der Waals surface area contributed by atoms with Gasteiger partial charge in [-0.3, -0.25) is 0 Å². The van der Waals surface area contributed by atoms with E-state index in [0.717, 1.165) is 26.1 Å². The molecule has 1 unspecified atom stereocenters. The van der Waals surface area contributed by atoms with Crippen LogP contribution in [0.3, 0.4) is 0 Å². The molecular formula is C12H25NO4S. The van der Waals surface area contributed by atoms with E-state index in [4.69, 9.17) is 9.47 Å². The Bertz CT molecular complexity index is 323. The second-order valence-electron chi connectivity index (χ2n) is 4.96. The smallest absolute Gasteiger partial charge is 0.150 e. The zero-order valence-electron chi connectivity index (χ0n) is 11.4. The van der Waals surface area contributed by atoms with Gasteiger partial charge in [0.2, 0.25) is 0 Å². The predicted octanol–water partition coefficient (Wildman–Crippen LogP) is 0.454. The van der Waals surface area contributed by atoms with E-state index in [1.165, 1.54) is 0 Å². The first kappa shape index (κ1) is 15.9. The molecule has 1 atom stereocenters. The van der Waals surface area contributed by atoms with E-state index in [2.05, 4.69) is 5.32 Å². The summed E-state index contributed by atoms with van der Waals surface area (Å²) in [6.45, 7) is 5.35. The summed E-state index contributed by atoms with van der Waals surface area (Å²) in [5.74, 6) is 0.486. The fourth-order valence-electron chi connectivity index (χ4n) is 2.12. The van der Waals surface area contributed by atoms with Gasteiger partial charge in [0.15, 0.2) is 0 Å². The molecule has 0 aromatic rings. The second-order valence-corrected chi connectivity index (χ2v) is 7.43. The summed E-state index contributed by atoms with van der Waals surface area (Å²) in [4.78, 5) is 0. The zero-order chi connectivity index (χ0) is 13.5. The molecule has 1 heterocycles. The van der Waals surface area contributed by atoms with E-state index < -0.39 is 9.84 Å². The van der Waals surface area contributed by atoms with Crippen molar-refractivity contribution in [1.29, 1.82) is 0 Å². The lowest BCUT2D eigenvalue weighted by Crippen LogP contribution is -2.37. The van der Waals surface area contributed by atoms with Gasteiger partial charge < -0.3 is 14.8 Å². The van der Waals surface area contributed by atoms with Crippen LogP contribution in [-0.2, 0) is 19.3 Å². The average molecular weight is 279 g/mol. The summed E-state index contributed by atoms with van der Waals surface area (Å²) >= 11 is 0. The minimum Gasteiger partial charge on any atom is -0.383 e. The lowest BCUT2D eigenvalue weighted by atomic mass is 9.84. The third-order valence-electron chi connectivity index (χ3n) is 3.55. The number of methoxy groups -OCH3 is 1. The molecule has 0 amide bonds. The first-order valence-corrected chi connectivity index (χ1v) is 8.33. The minimum atomic E-state index is -2.89. The second kappa shape index (κ2) is 7.43. The summed E-state index contributed by atoms with van der Waals surface area (Å²) < 4.78 is 33.6. The van der Waals surface area contributed by atoms with Gasteiger partial charge in [0.05, 0.1) is 19.0 Å². The van der Waals surface area contributed by atoms with Crippen molar-refractivity contribution >= 4 is 9.84 Å². The van der Waals surface area contributed by atoms with Crippen LogP contribution in [0.4, 0.5) is 0 Å². The number of sulfone groups is 1. The lowest BCUT2D eigenvalue weighted by molar-refractivity contribution is 0.143. The fraction of sp³-hybridized carbons (Fsp3) is 1.00. The van der Waals surface area contributed by atoms with Crippen molar-refractivity contribution < 1.29 is 17.9 Å². The topological polar surface area (TPSA) is 64.6 Å². The van der Waals surface area contributed by atoms with Crippen molar-refractivity contribution in [3.63, 3.8) is 0 Å². The summed E-state index contributed by atoms with van der Waals surface area (Å²) in [6, 6.07) is 0. The number of nitrogens with one attached hydrogen (secondary N) is 1. The molecule has 0 spiro atoms. The molecule has 1 saturated heterocycles. The summed E-state index contributed by atoms with van der Waals surface area (Å²) in [6.07, 6.45) is 1.62. The molecule has 0 aromatic carbocycles. The Morgan fingerprint density at radius 2 is 2.22 bits per heavy atom. The van der Waals surface area contributed by atoms with Crippen molar-refractivity contribution in [1.82, 2.24) is 5.32 Å². The first-order chi connectivity index (χ1) is 8.54. The molecule has 1 N–H and O–H groups in total. The van der Waals surface area contributed by atoms with Crippen molar-refractivity contribution in [3.05, 3.63) is 0 Å². The van der Waals surface area contributed by atoms with Gasteiger partial charge in [0.25, 0.3) is 0 Å². The quantitative estimate of drug-likeness (QED) is 0.621. The highest BCUT2D eigenvalue weighted by atomic mass is 32.2. The largest absolute Gasteiger partial charge is 0.383 e. The molecule has 1 aliphatic heterocycles. The van der Waals surface area contributed by atoms with E-state index in [-0.39, 0.29) is 16.9 Å². The fourth-order valence-corrected chi connectivity index (χ4v) is 3.15. The van der Waals surface area contributed by atoms with Gasteiger partial charge in [-0.05, 0) is 12.8 Å². The van der Waals surface area contributed by atoms with Gasteiger partial charge in [-0.25, -0.2) is 8.42 Å². The Balaban J connectivity index is 2.42. The first-order valence-electron chi connectivity index (χ1n) is 6.51. The number of rotatable bonds is 9. The lowest BCUT2D eigenvalue weighted by Gasteiger charge is -2.27. The van der Waals surface area contributed by atoms with Crippen LogP contribution in [0, 0.1) is 5.41 Å². The molecule has 108 valence electrons. The van der Waals surface area contributed by atoms with E-state index in [1.807, 2.05) is 0 Å². The Hall–Kier alpha value is -0.170. The normalized spacial score (nSPS) is 24.6. The van der Waals surface area contributed by atoms with E-state index >= 15 is 0 Å². The maximum absolute atomic E-state index is 11.6. The van der Waals surface area contributed by atoms with Gasteiger partial charge in [-0.2, -0.15) is 0 Å². The van der Waals surface area contributed by atoms with Crippen LogP contribution in [0.2, 0.25) is 0 Å². The molecular weight excluding hydrogens is 254 g/mol. The molecule has 1 fully saturated rings. The maximum atomic E-state index is 11.6. The van der Waals surface area contributed by atoms with Crippen molar-refractivity contribution in [2.24, 2.45) is 5.41 Å². The van der Waals surface area contributed by atoms with E-state index in [1.54, 1.807) is 14.0 Å². The number of ether oxygens (including phenoxy) is 2. The monoisotopic (exact) mass is 279 g/mol. The summed E-state index contributed by atoms with van der Waals surface area (Å²) in [5.41, 5.74) is -0.0179. The Morgan fingerprint density at radius 1 is 1.44 bits per heavy atom. The van der Waals surface area contributed by atoms with Crippen LogP contribution in [0.1, 0.15) is 19.8 Å². The van der Waals surface area contributed by atoms with Gasteiger partial charge in [-0.1, -0.05) is 6.92 Å². The van der Waals surface area contributed by atoms with Crippen LogP contribution < -0.4 is 5.32 Å². The minimum absolute atomic E-state index is 0.0179. The van der Waals surface area contributed by atoms with Crippen LogP contribution in [0.5, 0.6) is 0 Å². The number of hydrogen-bond donors (Lipinski definition) is 1. The van der Waals surface area contributed by atoms with Crippen LogP contribution >= 0.6 is 0 Å². The molecule has 5 nitrogen and oxygen atoms in total. The average Bonchev–Trinajstić information content (AvgIpc) is 2.82. The molecule has 0 radical (unpaired) electrons. The Labute approximate surface area is 110 Å². The van der Waals surface area contributed by atoms with Crippen molar-refractivity contribution in [3.8, 4) is 0 Å². The standard InChI is InChI=1S/C12H25NO4S/c1-3-18(14,15)9-5-12(4-7-17-11-12)10-13-6-8-16-2/h13H,3-11H2,1-2H3. The zero-order valence-corrected chi connectivity index (χ0v) is 12.2. The summed E-state index contributed by atoms with van der Waals surface area (Å²) in [5, 5.41) is 3.32. The van der Waals surface area contributed by atoms with Gasteiger partial charge in [0, 0.05) is 38.0 Å². The molecule has 0 saturated carbocycles. The number of hydrogen-bond acceptors (Lipinski definition) is 5. The molecule has 6 heteroatoms. The van der Waals surface area contributed by atoms with Gasteiger partial charge >= 0.3 is 0 Å². The highest BCUT2D eigenvalue weighted by Crippen LogP contribution is 2.32. The molecule has 0 aliphatic carbocycles. The van der Waals surface area contributed by atoms with Crippen molar-refractivity contribution in [2.45, 2.75) is 19.8 Å². The van der Waals surface area contributed by atoms with Gasteiger partial charge in [0.1, 0.15) is 9.84 Å². The molecule has 1 rings (SSSR count). The Morgan fingerprint density at radius 3 is 2.78 bits per heavy atom. The third-order valence-corrected chi connectivity index (χ3v) is 5.26. The van der Waals surface area contributed by atoms with Crippen LogP contribution in [-0.4, -0.2) is 59.9 Å². The van der Waals surface area contributed by atoms with Crippen LogP contribution in [0.15, 0.2) is 0 Å². The predicted molar refractivity (Wildman–Crippen MR) is 71.6 cm³/mol. The molecule has 0 aromatic heterocycles. The Kier molecular flexibility index (Phi) is 6.55. The molecule has 1 aliphatic rings. The van der Waals surface area contributed by atoms with Crippen molar-refractivity contribution in [2.75, 3.05) is 51.5 Å². The SMILES string of the molecule is CCS(=O)(=O)CCC1(CNCCOC)CCOC1. The molecule has 0 bridgehead atoms.